The van der Waals surface area contributed by atoms with Gasteiger partial charge in [0.05, 0.1) is 18.8 Å². The van der Waals surface area contributed by atoms with E-state index < -0.39 is 5.79 Å². The molecule has 0 amide bonds. The van der Waals surface area contributed by atoms with Crippen molar-refractivity contribution < 1.29 is 19.0 Å². The average molecular weight is 216 g/mol. The second-order valence-corrected chi connectivity index (χ2v) is 4.45. The summed E-state index contributed by atoms with van der Waals surface area (Å²) in [4.78, 5) is 11.0. The van der Waals surface area contributed by atoms with E-state index in [-0.39, 0.29) is 18.0 Å². The molecular weight excluding hydrogens is 196 g/mol. The third-order valence-electron chi connectivity index (χ3n) is 2.44. The fourth-order valence-corrected chi connectivity index (χ4v) is 1.76. The van der Waals surface area contributed by atoms with Crippen LogP contribution in [0.25, 0.3) is 0 Å². The number of hydrogen-bond acceptors (Lipinski definition) is 4. The highest BCUT2D eigenvalue weighted by molar-refractivity contribution is 5.75. The summed E-state index contributed by atoms with van der Waals surface area (Å²) in [6.07, 6.45) is 1.12. The summed E-state index contributed by atoms with van der Waals surface area (Å²) in [6.45, 7) is 5.92. The number of hydrogen-bond donors (Lipinski definition) is 0. The Hall–Kier alpha value is -0.450. The summed E-state index contributed by atoms with van der Waals surface area (Å²) in [5.74, 6) is -0.362. The van der Waals surface area contributed by atoms with E-state index in [1.807, 2.05) is 13.8 Å². The number of carbonyl (C=O) groups is 1. The molecule has 0 aliphatic carbocycles. The van der Waals surface area contributed by atoms with Crippen LogP contribution in [0.2, 0.25) is 0 Å². The van der Waals surface area contributed by atoms with Crippen LogP contribution >= 0.6 is 0 Å². The number of methoxy groups -OCH3 is 1. The van der Waals surface area contributed by atoms with Gasteiger partial charge in [0.25, 0.3) is 0 Å². The summed E-state index contributed by atoms with van der Waals surface area (Å²) in [6, 6.07) is 0. The molecular formula is C11H20O4. The highest BCUT2D eigenvalue weighted by Crippen LogP contribution is 2.25. The molecule has 0 bridgehead atoms. The number of carbonyl (C=O) groups excluding carboxylic acids is 1. The van der Waals surface area contributed by atoms with Crippen LogP contribution in [0.1, 0.15) is 33.6 Å². The van der Waals surface area contributed by atoms with Crippen LogP contribution in [0.3, 0.4) is 0 Å². The summed E-state index contributed by atoms with van der Waals surface area (Å²) in [5.41, 5.74) is 0. The van der Waals surface area contributed by atoms with Crippen LogP contribution in [0.15, 0.2) is 0 Å². The standard InChI is InChI=1S/C11H20O4/c1-8(12)5-9(13-4)6-10-7-14-11(2,3)15-10/h9-10H,5-7H2,1-4H3/t9-,10-/m0/s1. The monoisotopic (exact) mass is 216 g/mol. The maximum absolute atomic E-state index is 11.0. The Bertz CT molecular complexity index is 225. The van der Waals surface area contributed by atoms with Crippen LogP contribution in [0.5, 0.6) is 0 Å². The van der Waals surface area contributed by atoms with E-state index in [1.54, 1.807) is 14.0 Å². The fraction of sp³-hybridized carbons (Fsp3) is 0.909. The van der Waals surface area contributed by atoms with Gasteiger partial charge < -0.3 is 14.2 Å². The van der Waals surface area contributed by atoms with Gasteiger partial charge in [0, 0.05) is 20.0 Å². The highest BCUT2D eigenvalue weighted by atomic mass is 16.7. The molecule has 0 saturated carbocycles. The van der Waals surface area contributed by atoms with Gasteiger partial charge in [0.1, 0.15) is 5.78 Å². The second-order valence-electron chi connectivity index (χ2n) is 4.45. The first kappa shape index (κ1) is 12.6. The summed E-state index contributed by atoms with van der Waals surface area (Å²) < 4.78 is 16.3. The molecule has 1 rings (SSSR count). The molecule has 1 heterocycles. The number of ether oxygens (including phenoxy) is 3. The van der Waals surface area contributed by atoms with Crippen molar-refractivity contribution in [2.75, 3.05) is 13.7 Å². The lowest BCUT2D eigenvalue weighted by Crippen LogP contribution is -2.26. The van der Waals surface area contributed by atoms with Gasteiger partial charge in [-0.2, -0.15) is 0 Å². The first-order valence-electron chi connectivity index (χ1n) is 5.27. The Labute approximate surface area is 90.9 Å². The van der Waals surface area contributed by atoms with E-state index >= 15 is 0 Å². The van der Waals surface area contributed by atoms with Crippen LogP contribution in [0.4, 0.5) is 0 Å². The molecule has 0 radical (unpaired) electrons. The molecule has 0 N–H and O–H groups in total. The van der Waals surface area contributed by atoms with E-state index in [2.05, 4.69) is 0 Å². The maximum atomic E-state index is 11.0. The molecule has 1 aliphatic rings. The van der Waals surface area contributed by atoms with E-state index in [0.29, 0.717) is 19.4 Å². The highest BCUT2D eigenvalue weighted by Gasteiger charge is 2.34. The fourth-order valence-electron chi connectivity index (χ4n) is 1.76. The summed E-state index contributed by atoms with van der Waals surface area (Å²) >= 11 is 0. The van der Waals surface area contributed by atoms with Gasteiger partial charge in [-0.05, 0) is 20.8 Å². The summed E-state index contributed by atoms with van der Waals surface area (Å²) in [5, 5.41) is 0. The zero-order chi connectivity index (χ0) is 11.5. The van der Waals surface area contributed by atoms with Crippen LogP contribution < -0.4 is 0 Å². The van der Waals surface area contributed by atoms with Crippen LogP contribution in [-0.2, 0) is 19.0 Å². The first-order valence-corrected chi connectivity index (χ1v) is 5.27. The molecule has 1 fully saturated rings. The van der Waals surface area contributed by atoms with Gasteiger partial charge in [0.2, 0.25) is 0 Å². The Balaban J connectivity index is 2.36. The molecule has 1 aliphatic heterocycles. The van der Waals surface area contributed by atoms with Gasteiger partial charge in [0.15, 0.2) is 5.79 Å². The SMILES string of the molecule is CO[C@@H](CC(C)=O)C[C@H]1COC(C)(C)O1. The Morgan fingerprint density at radius 2 is 2.27 bits per heavy atom. The predicted octanol–water partition coefficient (Wildman–Crippen LogP) is 1.52. The van der Waals surface area contributed by atoms with Crippen molar-refractivity contribution >= 4 is 5.78 Å². The Morgan fingerprint density at radius 1 is 1.60 bits per heavy atom. The van der Waals surface area contributed by atoms with E-state index in [0.717, 1.165) is 0 Å². The zero-order valence-electron chi connectivity index (χ0n) is 9.91. The van der Waals surface area contributed by atoms with Gasteiger partial charge in [-0.25, -0.2) is 0 Å². The molecule has 4 heteroatoms. The molecule has 0 aromatic carbocycles. The van der Waals surface area contributed by atoms with E-state index in [9.17, 15) is 4.79 Å². The number of ketones is 1. The lowest BCUT2D eigenvalue weighted by molar-refractivity contribution is -0.142. The van der Waals surface area contributed by atoms with Crippen molar-refractivity contribution in [1.82, 2.24) is 0 Å². The van der Waals surface area contributed by atoms with E-state index in [4.69, 9.17) is 14.2 Å². The normalized spacial score (nSPS) is 26.5. The minimum atomic E-state index is -0.501. The molecule has 0 unspecified atom stereocenters. The largest absolute Gasteiger partial charge is 0.381 e. The van der Waals surface area contributed by atoms with Crippen molar-refractivity contribution in [3.8, 4) is 0 Å². The number of rotatable bonds is 5. The molecule has 15 heavy (non-hydrogen) atoms. The Morgan fingerprint density at radius 3 is 2.67 bits per heavy atom. The lowest BCUT2D eigenvalue weighted by Gasteiger charge is -2.20. The zero-order valence-corrected chi connectivity index (χ0v) is 9.91. The lowest BCUT2D eigenvalue weighted by atomic mass is 10.1. The van der Waals surface area contributed by atoms with Gasteiger partial charge in [-0.3, -0.25) is 4.79 Å². The molecule has 4 nitrogen and oxygen atoms in total. The van der Waals surface area contributed by atoms with Crippen molar-refractivity contribution in [2.45, 2.75) is 51.6 Å². The van der Waals surface area contributed by atoms with Crippen LogP contribution in [0, 0.1) is 0 Å². The smallest absolute Gasteiger partial charge is 0.163 e. The minimum absolute atomic E-state index is 0.0318. The molecule has 0 spiro atoms. The van der Waals surface area contributed by atoms with Gasteiger partial charge in [-0.15, -0.1) is 0 Å². The average Bonchev–Trinajstić information content (AvgIpc) is 2.43. The third kappa shape index (κ3) is 4.28. The van der Waals surface area contributed by atoms with Crippen molar-refractivity contribution in [3.05, 3.63) is 0 Å². The molecule has 0 aromatic heterocycles. The maximum Gasteiger partial charge on any atom is 0.163 e. The van der Waals surface area contributed by atoms with E-state index in [1.165, 1.54) is 0 Å². The molecule has 0 aromatic rings. The topological polar surface area (TPSA) is 44.8 Å². The van der Waals surface area contributed by atoms with Crippen LogP contribution in [-0.4, -0.2) is 37.5 Å². The summed E-state index contributed by atoms with van der Waals surface area (Å²) in [7, 11) is 1.62. The molecule has 88 valence electrons. The van der Waals surface area contributed by atoms with Crippen molar-refractivity contribution in [1.29, 1.82) is 0 Å². The predicted molar refractivity (Wildman–Crippen MR) is 55.6 cm³/mol. The Kier molecular flexibility index (Phi) is 4.25. The second kappa shape index (κ2) is 5.05. The number of Topliss-reactive ketones (excluding diaryl/α,β-unsaturated/α-hetero) is 1. The minimum Gasteiger partial charge on any atom is -0.381 e. The first-order chi connectivity index (χ1) is 6.93. The van der Waals surface area contributed by atoms with Gasteiger partial charge in [-0.1, -0.05) is 0 Å². The van der Waals surface area contributed by atoms with Gasteiger partial charge >= 0.3 is 0 Å². The third-order valence-corrected chi connectivity index (χ3v) is 2.44. The van der Waals surface area contributed by atoms with Crippen molar-refractivity contribution in [3.63, 3.8) is 0 Å². The quantitative estimate of drug-likeness (QED) is 0.699. The molecule has 1 saturated heterocycles. The van der Waals surface area contributed by atoms with Crippen molar-refractivity contribution in [2.24, 2.45) is 0 Å². The molecule has 2 atom stereocenters.